The van der Waals surface area contributed by atoms with Gasteiger partial charge in [-0.1, -0.05) is 92.9 Å². The van der Waals surface area contributed by atoms with Gasteiger partial charge in [0.1, 0.15) is 5.78 Å². The van der Waals surface area contributed by atoms with E-state index >= 15 is 0 Å². The van der Waals surface area contributed by atoms with Crippen molar-refractivity contribution in [1.29, 1.82) is 0 Å². The second-order valence-corrected chi connectivity index (χ2v) is 6.62. The van der Waals surface area contributed by atoms with E-state index in [0.717, 1.165) is 16.7 Å². The molecule has 0 N–H and O–H groups in total. The molecule has 164 valence electrons. The predicted molar refractivity (Wildman–Crippen MR) is 128 cm³/mol. The van der Waals surface area contributed by atoms with Crippen LogP contribution in [0.5, 0.6) is 0 Å². The zero-order chi connectivity index (χ0) is 23.7. The molecule has 0 aliphatic carbocycles. The number of rotatable bonds is 5. The van der Waals surface area contributed by atoms with Gasteiger partial charge >= 0.3 is 0 Å². The summed E-state index contributed by atoms with van der Waals surface area (Å²) in [6, 6.07) is 14.9. The molecule has 2 rings (SSSR count). The van der Waals surface area contributed by atoms with Crippen LogP contribution in [-0.2, 0) is 4.79 Å². The molecule has 2 aromatic carbocycles. The van der Waals surface area contributed by atoms with Crippen LogP contribution in [0, 0.1) is 13.8 Å². The fourth-order valence-corrected chi connectivity index (χ4v) is 2.13. The molecule has 0 atom stereocenters. The number of ketones is 3. The topological polar surface area (TPSA) is 51.2 Å². The lowest BCUT2D eigenvalue weighted by Crippen LogP contribution is -2.04. The molecule has 0 saturated carbocycles. The quantitative estimate of drug-likeness (QED) is 0.294. The molecule has 0 fully saturated rings. The molecule has 0 heterocycles. The molecule has 0 aliphatic heterocycles. The van der Waals surface area contributed by atoms with E-state index in [9.17, 15) is 14.4 Å². The molecule has 0 bridgehead atoms. The van der Waals surface area contributed by atoms with Crippen molar-refractivity contribution in [1.82, 2.24) is 0 Å². The monoisotopic (exact) mass is 410 g/mol. The summed E-state index contributed by atoms with van der Waals surface area (Å²) in [5.74, 6) is -0.113. The minimum Gasteiger partial charge on any atom is -0.300 e. The zero-order valence-corrected chi connectivity index (χ0v) is 20.1. The number of carbonyl (C=O) groups excluding carboxylic acids is 3. The Hall–Kier alpha value is -2.81. The molecular weight excluding hydrogens is 372 g/mol. The lowest BCUT2D eigenvalue weighted by molar-refractivity contribution is -0.116. The number of carbonyl (C=O) groups is 3. The molecule has 3 nitrogen and oxygen atoms in total. The lowest BCUT2D eigenvalue weighted by Gasteiger charge is -1.98. The molecule has 3 heteroatoms. The van der Waals surface area contributed by atoms with Gasteiger partial charge in [-0.15, -0.1) is 0 Å². The van der Waals surface area contributed by atoms with E-state index in [1.165, 1.54) is 12.5 Å². The van der Waals surface area contributed by atoms with Crippen LogP contribution in [-0.4, -0.2) is 17.3 Å². The van der Waals surface area contributed by atoms with E-state index in [4.69, 9.17) is 0 Å². The first-order valence-corrected chi connectivity index (χ1v) is 10.5. The Balaban J connectivity index is 0. The molecule has 2 aromatic rings. The van der Waals surface area contributed by atoms with Crippen molar-refractivity contribution in [2.24, 2.45) is 0 Å². The highest BCUT2D eigenvalue weighted by Crippen LogP contribution is 2.07. The summed E-state index contributed by atoms with van der Waals surface area (Å²) in [6.07, 6.45) is 1.66. The third kappa shape index (κ3) is 13.4. The molecule has 0 aromatic heterocycles. The summed E-state index contributed by atoms with van der Waals surface area (Å²) in [5, 5.41) is 0. The minimum absolute atomic E-state index is 0.00304. The average Bonchev–Trinajstić information content (AvgIpc) is 2.71. The average molecular weight is 411 g/mol. The number of hydrogen-bond acceptors (Lipinski definition) is 3. The Morgan fingerprint density at radius 3 is 1.37 bits per heavy atom. The number of allylic oxidation sites excluding steroid dienone is 2. The zero-order valence-electron chi connectivity index (χ0n) is 20.1. The van der Waals surface area contributed by atoms with E-state index in [1.54, 1.807) is 18.2 Å². The van der Waals surface area contributed by atoms with Crippen LogP contribution in [0.1, 0.15) is 86.7 Å². The maximum absolute atomic E-state index is 11.5. The van der Waals surface area contributed by atoms with Gasteiger partial charge in [-0.3, -0.25) is 14.4 Å². The van der Waals surface area contributed by atoms with E-state index < -0.39 is 0 Å². The van der Waals surface area contributed by atoms with Gasteiger partial charge in [0, 0.05) is 11.1 Å². The van der Waals surface area contributed by atoms with E-state index in [-0.39, 0.29) is 23.8 Å². The molecule has 0 unspecified atom stereocenters. The van der Waals surface area contributed by atoms with Crippen molar-refractivity contribution in [3.8, 4) is 0 Å². The number of hydrogen-bond donors (Lipinski definition) is 0. The van der Waals surface area contributed by atoms with Crippen molar-refractivity contribution < 1.29 is 14.4 Å². The van der Waals surface area contributed by atoms with Gasteiger partial charge < -0.3 is 0 Å². The fourth-order valence-electron chi connectivity index (χ4n) is 2.13. The number of Topliss-reactive ketones (excluding diaryl/α,β-unsaturated/α-hetero) is 2. The van der Waals surface area contributed by atoms with Crippen LogP contribution in [0.3, 0.4) is 0 Å². The van der Waals surface area contributed by atoms with Crippen LogP contribution in [0.4, 0.5) is 0 Å². The van der Waals surface area contributed by atoms with Gasteiger partial charge in [0.15, 0.2) is 11.6 Å². The third-order valence-electron chi connectivity index (χ3n) is 3.54. The second-order valence-electron chi connectivity index (χ2n) is 6.62. The Kier molecular flexibility index (Phi) is 16.7. The highest BCUT2D eigenvalue weighted by atomic mass is 16.1. The molecule has 0 radical (unpaired) electrons. The largest absolute Gasteiger partial charge is 0.300 e. The second kappa shape index (κ2) is 17.1. The Morgan fingerprint density at radius 1 is 0.667 bits per heavy atom. The van der Waals surface area contributed by atoms with Gasteiger partial charge in [-0.2, -0.15) is 0 Å². The van der Waals surface area contributed by atoms with Crippen LogP contribution >= 0.6 is 0 Å². The Labute approximate surface area is 183 Å². The van der Waals surface area contributed by atoms with E-state index in [0.29, 0.717) is 5.56 Å². The number of aryl methyl sites for hydroxylation is 2. The summed E-state index contributed by atoms with van der Waals surface area (Å²) in [7, 11) is 0. The molecular formula is C27H38O3. The first-order chi connectivity index (χ1) is 14.2. The van der Waals surface area contributed by atoms with E-state index in [1.807, 2.05) is 91.8 Å². The van der Waals surface area contributed by atoms with Crippen LogP contribution in [0.25, 0.3) is 0 Å². The molecule has 0 saturated heterocycles. The molecule has 0 spiro atoms. The van der Waals surface area contributed by atoms with Crippen molar-refractivity contribution in [2.75, 3.05) is 0 Å². The number of benzene rings is 2. The van der Waals surface area contributed by atoms with Gasteiger partial charge in [0.05, 0.1) is 6.42 Å². The fraction of sp³-hybridized carbons (Fsp3) is 0.370. The van der Waals surface area contributed by atoms with Crippen molar-refractivity contribution in [2.45, 2.75) is 68.7 Å². The summed E-state index contributed by atoms with van der Waals surface area (Å²) >= 11 is 0. The van der Waals surface area contributed by atoms with Crippen LogP contribution in [0.2, 0.25) is 0 Å². The van der Waals surface area contributed by atoms with E-state index in [2.05, 4.69) is 0 Å². The van der Waals surface area contributed by atoms with Gasteiger partial charge in [0.2, 0.25) is 0 Å². The summed E-state index contributed by atoms with van der Waals surface area (Å²) < 4.78 is 0. The Bertz CT molecular complexity index is 791. The Morgan fingerprint density at radius 2 is 1.03 bits per heavy atom. The SMILES string of the molecule is CC.CC.CC(=O)CC(=O)c1ccc(C)cc1.CC(C)=CC(=O)c1ccc(C)cc1. The highest BCUT2D eigenvalue weighted by molar-refractivity contribution is 6.07. The third-order valence-corrected chi connectivity index (χ3v) is 3.54. The lowest BCUT2D eigenvalue weighted by atomic mass is 10.1. The van der Waals surface area contributed by atoms with Gasteiger partial charge in [0.25, 0.3) is 0 Å². The molecule has 0 aliphatic rings. The maximum Gasteiger partial charge on any atom is 0.185 e. The summed E-state index contributed by atoms with van der Waals surface area (Å²) in [4.78, 5) is 33.5. The summed E-state index contributed by atoms with van der Waals surface area (Å²) in [6.45, 7) is 17.2. The van der Waals surface area contributed by atoms with Crippen LogP contribution in [0.15, 0.2) is 60.2 Å². The normalized spacial score (nSPS) is 8.70. The van der Waals surface area contributed by atoms with Crippen LogP contribution < -0.4 is 0 Å². The smallest absolute Gasteiger partial charge is 0.185 e. The van der Waals surface area contributed by atoms with Crippen molar-refractivity contribution >= 4 is 17.3 Å². The molecule has 0 amide bonds. The first-order valence-electron chi connectivity index (χ1n) is 10.5. The maximum atomic E-state index is 11.5. The summed E-state index contributed by atoms with van der Waals surface area (Å²) in [5.41, 5.74) is 4.69. The van der Waals surface area contributed by atoms with Crippen molar-refractivity contribution in [3.05, 3.63) is 82.4 Å². The first kappa shape index (κ1) is 29.4. The van der Waals surface area contributed by atoms with Crippen molar-refractivity contribution in [3.63, 3.8) is 0 Å². The standard InChI is InChI=1S/C12H14O.C11H12O2.2C2H6/c1-9(2)8-12(13)11-6-4-10(3)5-7-11;1-8-3-5-10(6-4-8)11(13)7-9(2)12;2*1-2/h4-8H,1-3H3;3-6H,7H2,1-2H3;2*1-2H3. The van der Waals surface area contributed by atoms with Gasteiger partial charge in [-0.25, -0.2) is 0 Å². The minimum atomic E-state index is -0.104. The highest BCUT2D eigenvalue weighted by Gasteiger charge is 2.07. The predicted octanol–water partition coefficient (Wildman–Crippen LogP) is 7.35. The molecule has 30 heavy (non-hydrogen) atoms. The van der Waals surface area contributed by atoms with Gasteiger partial charge in [-0.05, 0) is 40.7 Å².